The average molecular weight is 1900 g/mol. The maximum absolute atomic E-state index is 13.2. The van der Waals surface area contributed by atoms with E-state index in [9.17, 15) is 58.8 Å². The van der Waals surface area contributed by atoms with Crippen LogP contribution >= 0.6 is 49.9 Å². The molecule has 0 aliphatic carbocycles. The maximum Gasteiger partial charge on any atom is 1.00 e. The van der Waals surface area contributed by atoms with Crippen molar-refractivity contribution in [3.05, 3.63) is 252 Å². The summed E-state index contributed by atoms with van der Waals surface area (Å²) in [6, 6.07) is 53.8. The Morgan fingerprint density at radius 2 is 0.887 bits per heavy atom. The molecule has 16 nitrogen and oxygen atoms in total. The number of carbonyl (C=O) groups is 1. The number of esters is 1. The molecule has 124 heavy (non-hydrogen) atoms. The Balaban J connectivity index is 0.000000332. The minimum Gasteiger partial charge on any atom is -0.458 e. The van der Waals surface area contributed by atoms with Crippen LogP contribution in [0, 0.1) is 45.1 Å². The van der Waals surface area contributed by atoms with Crippen LogP contribution in [-0.2, 0) is 62.1 Å². The van der Waals surface area contributed by atoms with Gasteiger partial charge in [-0.25, -0.2) is 18.0 Å². The van der Waals surface area contributed by atoms with Gasteiger partial charge >= 0.3 is 24.8 Å². The van der Waals surface area contributed by atoms with E-state index in [-0.39, 0.29) is 76.8 Å². The molecule has 0 saturated carbocycles. The number of unbranched alkanes of at least 4 members (excludes halogenated alkanes) is 1. The molecule has 3 saturated heterocycles. The molecule has 3 aromatic heterocycles. The molecule has 12 rings (SSSR count). The smallest absolute Gasteiger partial charge is 0.458 e. The Kier molecular flexibility index (Phi) is 47.4. The number of hydrogen-bond acceptors (Lipinski definition) is 19. The van der Waals surface area contributed by atoms with Crippen LogP contribution in [0.3, 0.4) is 0 Å². The van der Waals surface area contributed by atoms with Crippen molar-refractivity contribution >= 4 is 89.7 Å². The summed E-state index contributed by atoms with van der Waals surface area (Å²) >= 11 is 8.53. The van der Waals surface area contributed by atoms with Gasteiger partial charge in [0.05, 0.1) is 13.2 Å². The van der Waals surface area contributed by atoms with E-state index in [4.69, 9.17) is 32.2 Å². The molecule has 9 aromatic rings. The predicted octanol–water partition coefficient (Wildman–Crippen LogP) is 18.5. The Morgan fingerprint density at radius 3 is 1.27 bits per heavy atom. The number of methoxy groups -OCH3 is 1. The van der Waals surface area contributed by atoms with Crippen molar-refractivity contribution in [3.8, 4) is 31.3 Å². The molecule has 8 N–H and O–H groups in total. The van der Waals surface area contributed by atoms with E-state index in [1.54, 1.807) is 64.3 Å². The van der Waals surface area contributed by atoms with Crippen LogP contribution in [0.5, 0.6) is 0 Å². The van der Waals surface area contributed by atoms with E-state index >= 15 is 0 Å². The second-order valence-electron chi connectivity index (χ2n) is 33.5. The van der Waals surface area contributed by atoms with Gasteiger partial charge in [-0.15, -0.1) is 34.0 Å². The number of aliphatic hydroxyl groups is 8. The Morgan fingerprint density at radius 1 is 0.500 bits per heavy atom. The standard InChI is InChI=1S/C25H27FO6S.C24H25FO5S.C18H14BrFS.C16H36O5Si3.C6H16Si.C4H9.C2H6.CH4.Li/c1-14-3-6-17(25(31-2)24(30)23(29)22(28)20(13-27)32-25)11-16(14)12-19-9-10-21(33-19)15-4-7-18(26)8-5-15;1-13-2-3-15(24-23(29)22(28)21(27)19(12-26)30-24)10-16(13)11-18-8-9-20(31-18)14-4-6-17(25)7-5-14;1-12-2-5-15(19)10-14(12)11-17-8-9-18(21-17)13-3-6-16(20)7-4-13;1-11-12-13(19-22(2,3)4)14(20-23(5,6)7)15(16(17)18-12)21-24(8,9)10;1-4-7(5-2)6-3;1-3-4-2;1-2;;/h3-11,20,22-24,27-30H,12-13H2,1-2H3;2-10,19,21-24,26-29H,11-12H2,1H3;2-10H,11H2,1H3;12-15H,11H2,1-10H3;7H,4-6H2,1-3H3;1,3-4H2,2H3;1-2H3;1H4;/q;;;;;-1;;;+1/t20-,22-,23+,24-,25?;19-,21-,22+,23-,24+;;12-,13-,14+,15-;;;;;/m11.1...../s1. The summed E-state index contributed by atoms with van der Waals surface area (Å²) in [5, 5.41) is 80.8. The summed E-state index contributed by atoms with van der Waals surface area (Å²) < 4.78 is 82.3. The first kappa shape index (κ1) is 111. The summed E-state index contributed by atoms with van der Waals surface area (Å²) in [4.78, 5) is 19.4. The summed E-state index contributed by atoms with van der Waals surface area (Å²) in [5.74, 6) is -2.78. The fourth-order valence-electron chi connectivity index (χ4n) is 13.9. The van der Waals surface area contributed by atoms with E-state index in [0.29, 0.717) is 30.4 Å². The molecule has 28 heteroatoms. The maximum atomic E-state index is 13.2. The van der Waals surface area contributed by atoms with Gasteiger partial charge in [-0.3, -0.25) is 0 Å². The van der Waals surface area contributed by atoms with Crippen LogP contribution in [0.25, 0.3) is 31.3 Å². The summed E-state index contributed by atoms with van der Waals surface area (Å²) in [7, 11) is -4.48. The molecule has 3 aliphatic heterocycles. The van der Waals surface area contributed by atoms with E-state index in [2.05, 4.69) is 147 Å². The van der Waals surface area contributed by atoms with Crippen LogP contribution in [0.15, 0.2) is 168 Å². The Hall–Kier alpha value is -4.94. The fraction of sp³-hybridized carbons (Fsp3) is 0.479. The first-order chi connectivity index (χ1) is 57.7. The number of ether oxygens (including phenoxy) is 4. The minimum atomic E-state index is -1.93. The molecule has 3 aliphatic rings. The van der Waals surface area contributed by atoms with Crippen molar-refractivity contribution in [1.29, 1.82) is 0 Å². The predicted molar refractivity (Wildman–Crippen MR) is 512 cm³/mol. The van der Waals surface area contributed by atoms with E-state index in [0.717, 1.165) is 75.8 Å². The number of carbonyl (C=O) groups excluding carboxylic acids is 1. The SMILES string of the molecule is C.CC.CC[C@H]1OC(=O)[C@H](O[Si](C)(C)C)[C@@H](O[Si](C)(C)C)[C@@H]1O[Si](C)(C)C.CC[SiH](CC)CC.COC1(c2ccc(C)c(Cc3ccc(-c4ccc(F)cc4)s3)c2)O[C@H](CO)[C@@H](O)[C@H](O)[C@H]1O.Cc1ccc(Br)cc1Cc1ccc(-c2ccc(F)cc2)s1.Cc1ccc([C@@H]2O[C@H](CO)[C@@H](O)[C@H](O)[C@H]2O)cc1Cc1ccc(-c2ccc(F)cc2)s1.[CH2-]CCC.[Li+]. The number of halogens is 4. The zero-order valence-electron chi connectivity index (χ0n) is 75.7. The minimum absolute atomic E-state index is 0. The van der Waals surface area contributed by atoms with Gasteiger partial charge in [0.1, 0.15) is 90.7 Å². The average Bonchev–Trinajstić information content (AvgIpc) is 0.923. The molecule has 6 aromatic carbocycles. The monoisotopic (exact) mass is 1900 g/mol. The number of rotatable bonds is 25. The number of aliphatic hydroxyl groups excluding tert-OH is 8. The third kappa shape index (κ3) is 32.9. The number of thiophene rings is 3. The van der Waals surface area contributed by atoms with E-state index in [1.807, 2.05) is 101 Å². The van der Waals surface area contributed by atoms with E-state index < -0.39 is 105 Å². The number of cyclic esters (lactones) is 1. The molecule has 6 heterocycles. The van der Waals surface area contributed by atoms with Crippen LogP contribution in [-0.4, -0.2) is 174 Å². The van der Waals surface area contributed by atoms with Gasteiger partial charge in [0, 0.05) is 74.5 Å². The zero-order valence-corrected chi connectivity index (χ0v) is 83.9. The molecule has 14 atom stereocenters. The normalized spacial score (nSPS) is 22.3. The van der Waals surface area contributed by atoms with Gasteiger partial charge < -0.3 is 80.0 Å². The number of aryl methyl sites for hydroxylation is 3. The van der Waals surface area contributed by atoms with Crippen molar-refractivity contribution in [1.82, 2.24) is 0 Å². The van der Waals surface area contributed by atoms with E-state index in [1.165, 1.54) is 88.9 Å². The topological polar surface area (TPSA) is 244 Å². The molecular formula is C96H137BrF3LiO16S3Si4. The van der Waals surface area contributed by atoms with Crippen molar-refractivity contribution < 1.29 is 110 Å². The molecular weight excluding hydrogens is 1760 g/mol. The largest absolute Gasteiger partial charge is 1.00 e. The Bertz CT molecular complexity index is 4590. The second kappa shape index (κ2) is 52.8. The molecule has 0 bridgehead atoms. The molecule has 0 radical (unpaired) electrons. The molecule has 0 spiro atoms. The zero-order chi connectivity index (χ0) is 90.7. The van der Waals surface area contributed by atoms with Gasteiger partial charge in [-0.1, -0.05) is 169 Å². The van der Waals surface area contributed by atoms with Gasteiger partial charge in [-0.2, -0.15) is 6.42 Å². The molecule has 680 valence electrons. The van der Waals surface area contributed by atoms with Crippen molar-refractivity contribution in [3.63, 3.8) is 0 Å². The number of benzene rings is 6. The first-order valence-corrected chi connectivity index (χ1v) is 58.3. The van der Waals surface area contributed by atoms with Crippen molar-refractivity contribution in [2.24, 2.45) is 0 Å². The fourth-order valence-corrected chi connectivity index (χ4v) is 22.3. The van der Waals surface area contributed by atoms with Gasteiger partial charge in [0.2, 0.25) is 5.79 Å². The summed E-state index contributed by atoms with van der Waals surface area (Å²) in [6.07, 6.45) is -7.99. The van der Waals surface area contributed by atoms with Crippen molar-refractivity contribution in [2.75, 3.05) is 20.3 Å². The molecule has 1 unspecified atom stereocenters. The summed E-state index contributed by atoms with van der Waals surface area (Å²) in [6.45, 7) is 42.9. The first-order valence-electron chi connectivity index (χ1n) is 42.4. The van der Waals surface area contributed by atoms with Crippen molar-refractivity contribution in [2.45, 2.75) is 277 Å². The van der Waals surface area contributed by atoms with Crippen LogP contribution in [0.1, 0.15) is 140 Å². The van der Waals surface area contributed by atoms with Crippen LogP contribution in [0.2, 0.25) is 77.1 Å². The quantitative estimate of drug-likeness (QED) is 0.0151. The third-order valence-electron chi connectivity index (χ3n) is 20.8. The van der Waals surface area contributed by atoms with Crippen LogP contribution in [0.4, 0.5) is 13.2 Å². The van der Waals surface area contributed by atoms with Gasteiger partial charge in [0.25, 0.3) is 0 Å². The summed E-state index contributed by atoms with van der Waals surface area (Å²) in [5.41, 5.74) is 10.9. The third-order valence-corrected chi connectivity index (χ3v) is 31.1. The van der Waals surface area contributed by atoms with Crippen LogP contribution < -0.4 is 18.9 Å². The Labute approximate surface area is 774 Å². The molecule has 0 amide bonds. The number of hydrogen-bond donors (Lipinski definition) is 8. The van der Waals surface area contributed by atoms with Gasteiger partial charge in [-0.05, 0) is 233 Å². The van der Waals surface area contributed by atoms with Gasteiger partial charge in [0.15, 0.2) is 31.1 Å². The molecule has 3 fully saturated rings. The second-order valence-corrected chi connectivity index (χ2v) is 55.5.